The third-order valence-electron chi connectivity index (χ3n) is 2.76. The van der Waals surface area contributed by atoms with E-state index in [2.05, 4.69) is 4.98 Å². The number of pyridine rings is 1. The summed E-state index contributed by atoms with van der Waals surface area (Å²) in [5.74, 6) is 0.411. The zero-order valence-electron chi connectivity index (χ0n) is 12.5. The number of carbonyl (C=O) groups excluding carboxylic acids is 1. The smallest absolute Gasteiger partial charge is 0.357 e. The van der Waals surface area contributed by atoms with Crippen LogP contribution in [0.25, 0.3) is 11.3 Å². The lowest BCUT2D eigenvalue weighted by Gasteiger charge is -2.09. The standard InChI is InChI=1S/C17H19NO3/c1-4-20-14-10-8-13(9-11-14)15-6-5-7-16(18-15)17(19)21-12(2)3/h5-12H,4H2,1-3H3. The molecule has 4 nitrogen and oxygen atoms in total. The summed E-state index contributed by atoms with van der Waals surface area (Å²) in [7, 11) is 0. The summed E-state index contributed by atoms with van der Waals surface area (Å²) >= 11 is 0. The maximum absolute atomic E-state index is 11.9. The van der Waals surface area contributed by atoms with Gasteiger partial charge in [0.15, 0.2) is 0 Å². The number of esters is 1. The number of rotatable bonds is 5. The molecule has 0 saturated carbocycles. The second kappa shape index (κ2) is 6.88. The zero-order valence-corrected chi connectivity index (χ0v) is 12.5. The van der Waals surface area contributed by atoms with Gasteiger partial charge in [-0.1, -0.05) is 6.07 Å². The van der Waals surface area contributed by atoms with Crippen LogP contribution >= 0.6 is 0 Å². The SMILES string of the molecule is CCOc1ccc(-c2cccc(C(=O)OC(C)C)n2)cc1. The molecular weight excluding hydrogens is 266 g/mol. The van der Waals surface area contributed by atoms with Gasteiger partial charge in [-0.2, -0.15) is 0 Å². The van der Waals surface area contributed by atoms with Crippen LogP contribution in [-0.4, -0.2) is 23.7 Å². The van der Waals surface area contributed by atoms with Gasteiger partial charge < -0.3 is 9.47 Å². The molecule has 0 aliphatic carbocycles. The summed E-state index contributed by atoms with van der Waals surface area (Å²) in [6, 6.07) is 12.9. The summed E-state index contributed by atoms with van der Waals surface area (Å²) in [4.78, 5) is 16.2. The van der Waals surface area contributed by atoms with Crippen LogP contribution in [0.15, 0.2) is 42.5 Å². The molecule has 0 N–H and O–H groups in total. The first-order valence-electron chi connectivity index (χ1n) is 7.01. The van der Waals surface area contributed by atoms with Crippen LogP contribution in [0.4, 0.5) is 0 Å². The molecule has 0 spiro atoms. The van der Waals surface area contributed by atoms with Crippen molar-refractivity contribution >= 4 is 5.97 Å². The van der Waals surface area contributed by atoms with Gasteiger partial charge in [-0.25, -0.2) is 9.78 Å². The molecule has 0 amide bonds. The van der Waals surface area contributed by atoms with Gasteiger partial charge in [0.1, 0.15) is 11.4 Å². The van der Waals surface area contributed by atoms with E-state index in [-0.39, 0.29) is 6.10 Å². The highest BCUT2D eigenvalue weighted by Gasteiger charge is 2.11. The summed E-state index contributed by atoms with van der Waals surface area (Å²) in [6.07, 6.45) is -0.159. The fourth-order valence-corrected chi connectivity index (χ4v) is 1.87. The molecule has 0 radical (unpaired) electrons. The average molecular weight is 285 g/mol. The minimum Gasteiger partial charge on any atom is -0.494 e. The Morgan fingerprint density at radius 1 is 1.14 bits per heavy atom. The molecule has 21 heavy (non-hydrogen) atoms. The highest BCUT2D eigenvalue weighted by atomic mass is 16.5. The second-order valence-electron chi connectivity index (χ2n) is 4.82. The third-order valence-corrected chi connectivity index (χ3v) is 2.76. The first kappa shape index (κ1) is 15.0. The topological polar surface area (TPSA) is 48.4 Å². The molecular formula is C17H19NO3. The lowest BCUT2D eigenvalue weighted by atomic mass is 10.1. The normalized spacial score (nSPS) is 10.5. The van der Waals surface area contributed by atoms with E-state index < -0.39 is 5.97 Å². The molecule has 0 unspecified atom stereocenters. The largest absolute Gasteiger partial charge is 0.494 e. The first-order valence-corrected chi connectivity index (χ1v) is 7.01. The lowest BCUT2D eigenvalue weighted by molar-refractivity contribution is 0.0371. The molecule has 1 aromatic carbocycles. The highest BCUT2D eigenvalue weighted by molar-refractivity contribution is 5.88. The monoisotopic (exact) mass is 285 g/mol. The molecule has 0 atom stereocenters. The van der Waals surface area contributed by atoms with Gasteiger partial charge in [-0.15, -0.1) is 0 Å². The molecule has 0 fully saturated rings. The molecule has 0 aliphatic rings. The molecule has 1 aromatic heterocycles. The fourth-order valence-electron chi connectivity index (χ4n) is 1.87. The predicted molar refractivity (Wildman–Crippen MR) is 81.4 cm³/mol. The Morgan fingerprint density at radius 3 is 2.48 bits per heavy atom. The van der Waals surface area contributed by atoms with Gasteiger partial charge in [0.2, 0.25) is 0 Å². The van der Waals surface area contributed by atoms with Crippen molar-refractivity contribution in [2.45, 2.75) is 26.9 Å². The van der Waals surface area contributed by atoms with Crippen LogP contribution < -0.4 is 4.74 Å². The zero-order chi connectivity index (χ0) is 15.2. The Hall–Kier alpha value is -2.36. The summed E-state index contributed by atoms with van der Waals surface area (Å²) < 4.78 is 10.6. The maximum Gasteiger partial charge on any atom is 0.357 e. The van der Waals surface area contributed by atoms with Gasteiger partial charge in [0, 0.05) is 5.56 Å². The number of nitrogens with zero attached hydrogens (tertiary/aromatic N) is 1. The van der Waals surface area contributed by atoms with E-state index in [0.29, 0.717) is 12.3 Å². The van der Waals surface area contributed by atoms with Gasteiger partial charge in [0.05, 0.1) is 18.4 Å². The van der Waals surface area contributed by atoms with Crippen molar-refractivity contribution in [2.24, 2.45) is 0 Å². The molecule has 2 rings (SSSR count). The molecule has 2 aromatic rings. The maximum atomic E-state index is 11.9. The summed E-state index contributed by atoms with van der Waals surface area (Å²) in [5.41, 5.74) is 1.98. The van der Waals surface area contributed by atoms with Crippen molar-refractivity contribution in [1.82, 2.24) is 4.98 Å². The minimum atomic E-state index is -0.405. The Morgan fingerprint density at radius 2 is 1.86 bits per heavy atom. The van der Waals surface area contributed by atoms with E-state index in [0.717, 1.165) is 17.0 Å². The van der Waals surface area contributed by atoms with Gasteiger partial charge >= 0.3 is 5.97 Å². The van der Waals surface area contributed by atoms with Crippen LogP contribution in [0, 0.1) is 0 Å². The predicted octanol–water partition coefficient (Wildman–Crippen LogP) is 3.71. The molecule has 1 heterocycles. The van der Waals surface area contributed by atoms with Crippen LogP contribution in [0.5, 0.6) is 5.75 Å². The molecule has 0 saturated heterocycles. The van der Waals surface area contributed by atoms with E-state index in [1.165, 1.54) is 0 Å². The number of hydrogen-bond donors (Lipinski definition) is 0. The first-order chi connectivity index (χ1) is 10.1. The Balaban J connectivity index is 2.22. The third kappa shape index (κ3) is 4.05. The van der Waals surface area contributed by atoms with E-state index >= 15 is 0 Å². The molecule has 110 valence electrons. The second-order valence-corrected chi connectivity index (χ2v) is 4.82. The van der Waals surface area contributed by atoms with Gasteiger partial charge in [-0.3, -0.25) is 0 Å². The van der Waals surface area contributed by atoms with Crippen molar-refractivity contribution in [3.8, 4) is 17.0 Å². The van der Waals surface area contributed by atoms with Gasteiger partial charge in [0.25, 0.3) is 0 Å². The van der Waals surface area contributed by atoms with Crippen molar-refractivity contribution in [1.29, 1.82) is 0 Å². The van der Waals surface area contributed by atoms with Crippen LogP contribution in [0.3, 0.4) is 0 Å². The van der Waals surface area contributed by atoms with E-state index in [4.69, 9.17) is 9.47 Å². The summed E-state index contributed by atoms with van der Waals surface area (Å²) in [5, 5.41) is 0. The summed E-state index contributed by atoms with van der Waals surface area (Å²) in [6.45, 7) is 6.20. The number of benzene rings is 1. The van der Waals surface area contributed by atoms with Gasteiger partial charge in [-0.05, 0) is 57.2 Å². The van der Waals surface area contributed by atoms with Crippen LogP contribution in [-0.2, 0) is 4.74 Å². The Kier molecular flexibility index (Phi) is 4.93. The number of carbonyl (C=O) groups is 1. The lowest BCUT2D eigenvalue weighted by Crippen LogP contribution is -2.13. The van der Waals surface area contributed by atoms with Crippen molar-refractivity contribution in [2.75, 3.05) is 6.61 Å². The molecule has 0 aliphatic heterocycles. The molecule has 0 bridgehead atoms. The number of ether oxygens (including phenoxy) is 2. The Bertz CT molecular complexity index is 606. The highest BCUT2D eigenvalue weighted by Crippen LogP contribution is 2.21. The number of hydrogen-bond acceptors (Lipinski definition) is 4. The van der Waals surface area contributed by atoms with Crippen LogP contribution in [0.1, 0.15) is 31.3 Å². The number of aromatic nitrogens is 1. The molecule has 4 heteroatoms. The quantitative estimate of drug-likeness (QED) is 0.786. The van der Waals surface area contributed by atoms with Crippen molar-refractivity contribution in [3.63, 3.8) is 0 Å². The van der Waals surface area contributed by atoms with E-state index in [9.17, 15) is 4.79 Å². The van der Waals surface area contributed by atoms with E-state index in [1.807, 2.05) is 51.1 Å². The van der Waals surface area contributed by atoms with E-state index in [1.54, 1.807) is 12.1 Å². The van der Waals surface area contributed by atoms with Crippen molar-refractivity contribution in [3.05, 3.63) is 48.2 Å². The minimum absolute atomic E-state index is 0.159. The van der Waals surface area contributed by atoms with Crippen molar-refractivity contribution < 1.29 is 14.3 Å². The average Bonchev–Trinajstić information content (AvgIpc) is 2.48. The van der Waals surface area contributed by atoms with Crippen LogP contribution in [0.2, 0.25) is 0 Å². The fraction of sp³-hybridized carbons (Fsp3) is 0.294. The Labute approximate surface area is 124 Å².